The van der Waals surface area contributed by atoms with Gasteiger partial charge in [0, 0.05) is 11.5 Å². The zero-order valence-corrected chi connectivity index (χ0v) is 12.6. The molecular weight excluding hydrogens is 319 g/mol. The van der Waals surface area contributed by atoms with Gasteiger partial charge >= 0.3 is 6.18 Å². The molecule has 1 aromatic carbocycles. The SMILES string of the molecule is COc1c([C@H]2[C@H](C#N)N[C@@](C)(C(F)(F)F)[C@H]2C)ccc(F)c1F. The molecule has 0 spiro atoms. The van der Waals surface area contributed by atoms with E-state index in [4.69, 9.17) is 4.74 Å². The number of halogens is 5. The van der Waals surface area contributed by atoms with Crippen LogP contribution in [-0.2, 0) is 0 Å². The minimum absolute atomic E-state index is 0.0333. The van der Waals surface area contributed by atoms with Crippen LogP contribution in [0.2, 0.25) is 0 Å². The first-order valence-electron chi connectivity index (χ1n) is 6.84. The highest BCUT2D eigenvalue weighted by Gasteiger charge is 2.63. The van der Waals surface area contributed by atoms with E-state index < -0.39 is 47.0 Å². The van der Waals surface area contributed by atoms with Crippen molar-refractivity contribution in [2.45, 2.75) is 37.5 Å². The Morgan fingerprint density at radius 3 is 2.39 bits per heavy atom. The van der Waals surface area contributed by atoms with Gasteiger partial charge in [-0.2, -0.15) is 22.8 Å². The molecule has 8 heteroatoms. The van der Waals surface area contributed by atoms with E-state index in [1.807, 2.05) is 0 Å². The molecule has 1 saturated heterocycles. The number of nitrogens with zero attached hydrogens (tertiary/aromatic N) is 1. The first-order valence-corrected chi connectivity index (χ1v) is 6.84. The topological polar surface area (TPSA) is 45.0 Å². The van der Waals surface area contributed by atoms with Crippen LogP contribution in [0.5, 0.6) is 5.75 Å². The minimum Gasteiger partial charge on any atom is -0.493 e. The first kappa shape index (κ1) is 17.5. The van der Waals surface area contributed by atoms with Gasteiger partial charge < -0.3 is 4.74 Å². The average Bonchev–Trinajstić information content (AvgIpc) is 2.74. The number of hydrogen-bond acceptors (Lipinski definition) is 3. The van der Waals surface area contributed by atoms with Crippen molar-refractivity contribution in [1.29, 1.82) is 5.26 Å². The van der Waals surface area contributed by atoms with Gasteiger partial charge in [-0.25, -0.2) is 4.39 Å². The van der Waals surface area contributed by atoms with Crippen LogP contribution in [0.25, 0.3) is 0 Å². The number of nitriles is 1. The van der Waals surface area contributed by atoms with Crippen LogP contribution < -0.4 is 10.1 Å². The van der Waals surface area contributed by atoms with Crippen molar-refractivity contribution >= 4 is 0 Å². The molecule has 0 unspecified atom stereocenters. The fourth-order valence-electron chi connectivity index (χ4n) is 3.11. The van der Waals surface area contributed by atoms with Crippen LogP contribution in [0.15, 0.2) is 12.1 Å². The lowest BCUT2D eigenvalue weighted by Crippen LogP contribution is -2.55. The molecule has 1 heterocycles. The van der Waals surface area contributed by atoms with Crippen LogP contribution in [0.1, 0.15) is 25.3 Å². The van der Waals surface area contributed by atoms with Crippen molar-refractivity contribution in [3.8, 4) is 11.8 Å². The van der Waals surface area contributed by atoms with Gasteiger partial charge in [-0.15, -0.1) is 0 Å². The lowest BCUT2D eigenvalue weighted by molar-refractivity contribution is -0.197. The molecule has 4 atom stereocenters. The van der Waals surface area contributed by atoms with Gasteiger partial charge in [-0.05, 0) is 18.9 Å². The molecule has 1 N–H and O–H groups in total. The molecule has 2 rings (SSSR count). The lowest BCUT2D eigenvalue weighted by Gasteiger charge is -2.33. The number of rotatable bonds is 2. The van der Waals surface area contributed by atoms with E-state index in [1.165, 1.54) is 6.92 Å². The second-order valence-corrected chi connectivity index (χ2v) is 5.75. The van der Waals surface area contributed by atoms with Gasteiger partial charge in [-0.1, -0.05) is 13.0 Å². The fraction of sp³-hybridized carbons (Fsp3) is 0.533. The summed E-state index contributed by atoms with van der Waals surface area (Å²) in [7, 11) is 1.10. The molecule has 1 fully saturated rings. The molecule has 23 heavy (non-hydrogen) atoms. The number of benzene rings is 1. The summed E-state index contributed by atoms with van der Waals surface area (Å²) >= 11 is 0. The summed E-state index contributed by atoms with van der Waals surface area (Å²) < 4.78 is 72.2. The maximum atomic E-state index is 13.9. The van der Waals surface area contributed by atoms with Gasteiger partial charge in [0.2, 0.25) is 5.82 Å². The first-order chi connectivity index (χ1) is 10.6. The van der Waals surface area contributed by atoms with Gasteiger partial charge in [0.05, 0.1) is 13.2 Å². The average molecular weight is 334 g/mol. The Labute approximate surface area is 130 Å². The molecule has 0 aromatic heterocycles. The highest BCUT2D eigenvalue weighted by Crippen LogP contribution is 2.50. The molecular formula is C15H15F5N2O. The summed E-state index contributed by atoms with van der Waals surface area (Å²) in [6, 6.07) is 2.54. The minimum atomic E-state index is -4.61. The quantitative estimate of drug-likeness (QED) is 0.842. The molecule has 1 aromatic rings. The Kier molecular flexibility index (Phi) is 4.28. The maximum absolute atomic E-state index is 13.9. The fourth-order valence-corrected chi connectivity index (χ4v) is 3.11. The predicted octanol–water partition coefficient (Wildman–Crippen LogP) is 3.51. The maximum Gasteiger partial charge on any atom is 0.406 e. The molecule has 3 nitrogen and oxygen atoms in total. The van der Waals surface area contributed by atoms with E-state index in [1.54, 1.807) is 6.07 Å². The number of hydrogen-bond donors (Lipinski definition) is 1. The van der Waals surface area contributed by atoms with Gasteiger partial charge in [0.15, 0.2) is 11.6 Å². The molecule has 0 bridgehead atoms. The van der Waals surface area contributed by atoms with Crippen LogP contribution in [0, 0.1) is 28.9 Å². The molecule has 0 aliphatic carbocycles. The third kappa shape index (κ3) is 2.53. The zero-order chi connectivity index (χ0) is 17.6. The lowest BCUT2D eigenvalue weighted by atomic mass is 9.77. The number of methoxy groups -OCH3 is 1. The standard InChI is InChI=1S/C15H15F5N2O/c1-7-11(8-4-5-9(16)12(17)13(8)23-3)10(6-21)22-14(7,2)15(18,19)20/h4-5,7,10-11,22H,1-3H3/t7-,10-,11-,14+/m0/s1. The summed E-state index contributed by atoms with van der Waals surface area (Å²) in [4.78, 5) is 0. The van der Waals surface area contributed by atoms with Gasteiger partial charge in [0.25, 0.3) is 0 Å². The summed E-state index contributed by atoms with van der Waals surface area (Å²) in [5.41, 5.74) is -2.29. The third-order valence-corrected chi connectivity index (χ3v) is 4.64. The predicted molar refractivity (Wildman–Crippen MR) is 71.8 cm³/mol. The van der Waals surface area contributed by atoms with E-state index in [9.17, 15) is 27.2 Å². The smallest absolute Gasteiger partial charge is 0.406 e. The molecule has 126 valence electrons. The van der Waals surface area contributed by atoms with E-state index in [2.05, 4.69) is 5.32 Å². The van der Waals surface area contributed by atoms with Crippen LogP contribution in [-0.4, -0.2) is 24.9 Å². The second kappa shape index (κ2) is 5.64. The Balaban J connectivity index is 2.60. The Morgan fingerprint density at radius 2 is 1.91 bits per heavy atom. The Hall–Kier alpha value is -1.88. The van der Waals surface area contributed by atoms with Crippen molar-refractivity contribution in [2.75, 3.05) is 7.11 Å². The highest BCUT2D eigenvalue weighted by atomic mass is 19.4. The zero-order valence-electron chi connectivity index (χ0n) is 12.6. The normalized spacial score (nSPS) is 31.0. The summed E-state index contributed by atoms with van der Waals surface area (Å²) in [5.74, 6) is -5.02. The van der Waals surface area contributed by atoms with E-state index in [0.717, 1.165) is 26.2 Å². The monoisotopic (exact) mass is 334 g/mol. The van der Waals surface area contributed by atoms with Crippen molar-refractivity contribution in [2.24, 2.45) is 5.92 Å². The number of nitrogens with one attached hydrogen (secondary N) is 1. The Morgan fingerprint density at radius 1 is 1.30 bits per heavy atom. The van der Waals surface area contributed by atoms with Crippen molar-refractivity contribution in [3.05, 3.63) is 29.3 Å². The van der Waals surface area contributed by atoms with E-state index >= 15 is 0 Å². The van der Waals surface area contributed by atoms with Crippen molar-refractivity contribution < 1.29 is 26.7 Å². The van der Waals surface area contributed by atoms with Crippen molar-refractivity contribution in [1.82, 2.24) is 5.32 Å². The summed E-state index contributed by atoms with van der Waals surface area (Å²) in [6.07, 6.45) is -4.61. The van der Waals surface area contributed by atoms with Gasteiger partial charge in [-0.3, -0.25) is 5.32 Å². The molecule has 0 radical (unpaired) electrons. The number of alkyl halides is 3. The van der Waals surface area contributed by atoms with Crippen LogP contribution in [0.4, 0.5) is 22.0 Å². The number of ether oxygens (including phenoxy) is 1. The van der Waals surface area contributed by atoms with Crippen LogP contribution in [0.3, 0.4) is 0 Å². The van der Waals surface area contributed by atoms with Crippen molar-refractivity contribution in [3.63, 3.8) is 0 Å². The van der Waals surface area contributed by atoms with Crippen LogP contribution >= 0.6 is 0 Å². The van der Waals surface area contributed by atoms with E-state index in [0.29, 0.717) is 0 Å². The van der Waals surface area contributed by atoms with Gasteiger partial charge in [0.1, 0.15) is 11.6 Å². The molecule has 0 amide bonds. The van der Waals surface area contributed by atoms with E-state index in [-0.39, 0.29) is 5.56 Å². The Bertz CT molecular complexity index is 654. The largest absolute Gasteiger partial charge is 0.493 e. The molecule has 1 aliphatic rings. The summed E-state index contributed by atoms with van der Waals surface area (Å²) in [6.45, 7) is 2.28. The molecule has 0 saturated carbocycles. The third-order valence-electron chi connectivity index (χ3n) is 4.64. The molecule has 1 aliphatic heterocycles. The summed E-state index contributed by atoms with van der Waals surface area (Å²) in [5, 5.41) is 11.5. The second-order valence-electron chi connectivity index (χ2n) is 5.75. The highest BCUT2D eigenvalue weighted by molar-refractivity contribution is 5.42.